The van der Waals surface area contributed by atoms with Crippen LogP contribution in [0.25, 0.3) is 5.69 Å². The van der Waals surface area contributed by atoms with Gasteiger partial charge < -0.3 is 4.57 Å². The average Bonchev–Trinajstić information content (AvgIpc) is 3.04. The average molecular weight is 293 g/mol. The maximum Gasteiger partial charge on any atom is 0.0970 e. The summed E-state index contributed by atoms with van der Waals surface area (Å²) in [5, 5.41) is 0.741. The van der Waals surface area contributed by atoms with Crippen molar-refractivity contribution in [2.75, 3.05) is 0 Å². The number of aryl methyl sites for hydroxylation is 1. The van der Waals surface area contributed by atoms with Crippen molar-refractivity contribution in [2.45, 2.75) is 6.92 Å². The predicted molar refractivity (Wildman–Crippen MR) is 87.3 cm³/mol. The molecule has 2 nitrogen and oxygen atoms in total. The van der Waals surface area contributed by atoms with Gasteiger partial charge in [-0.15, -0.1) is 0 Å². The lowest BCUT2D eigenvalue weighted by Crippen LogP contribution is -1.97. The van der Waals surface area contributed by atoms with Crippen LogP contribution in [0.5, 0.6) is 0 Å². The first-order valence-electron chi connectivity index (χ1n) is 6.86. The fourth-order valence-electron chi connectivity index (χ4n) is 2.75. The Hall–Kier alpha value is -2.32. The zero-order valence-electron chi connectivity index (χ0n) is 11.5. The second-order valence-electron chi connectivity index (χ2n) is 5.17. The Balaban J connectivity index is 1.98. The van der Waals surface area contributed by atoms with Crippen LogP contribution < -0.4 is 0 Å². The van der Waals surface area contributed by atoms with Crippen LogP contribution in [0, 0.1) is 6.92 Å². The Bertz CT molecular complexity index is 874. The number of nitrogens with zero attached hydrogens (tertiary/aromatic N) is 2. The van der Waals surface area contributed by atoms with Crippen molar-refractivity contribution in [1.29, 1.82) is 0 Å². The predicted octanol–water partition coefficient (Wildman–Crippen LogP) is 4.92. The van der Waals surface area contributed by atoms with Gasteiger partial charge in [0.15, 0.2) is 0 Å². The number of halogens is 1. The third-order valence-corrected chi connectivity index (χ3v) is 4.05. The molecule has 1 aliphatic heterocycles. The molecule has 0 fully saturated rings. The van der Waals surface area contributed by atoms with Crippen LogP contribution in [0.2, 0.25) is 5.02 Å². The number of hydrogen-bond acceptors (Lipinski definition) is 1. The fourth-order valence-corrected chi connectivity index (χ4v) is 2.92. The maximum absolute atomic E-state index is 6.14. The van der Waals surface area contributed by atoms with Crippen LogP contribution in [-0.2, 0) is 0 Å². The zero-order chi connectivity index (χ0) is 14.4. The van der Waals surface area contributed by atoms with Gasteiger partial charge in [0.2, 0.25) is 0 Å². The number of rotatable bonds is 1. The molecule has 0 N–H and O–H groups in total. The topological polar surface area (TPSA) is 17.3 Å². The summed E-state index contributed by atoms with van der Waals surface area (Å²) >= 11 is 6.14. The van der Waals surface area contributed by atoms with Gasteiger partial charge in [0.25, 0.3) is 0 Å². The number of para-hydroxylation sites is 1. The minimum atomic E-state index is 0.741. The van der Waals surface area contributed by atoms with E-state index in [1.54, 1.807) is 0 Å². The molecule has 3 aromatic rings. The molecule has 3 heteroatoms. The SMILES string of the molecule is Cc1ccccc1N=C1c2ccc(Cl)cc2-n2cccc21. The van der Waals surface area contributed by atoms with Crippen molar-refractivity contribution < 1.29 is 0 Å². The van der Waals surface area contributed by atoms with E-state index in [0.29, 0.717) is 0 Å². The minimum absolute atomic E-state index is 0.741. The summed E-state index contributed by atoms with van der Waals surface area (Å²) in [6, 6.07) is 18.2. The van der Waals surface area contributed by atoms with Gasteiger partial charge in [-0.2, -0.15) is 0 Å². The number of aliphatic imine (C=N–C) groups is 1. The maximum atomic E-state index is 6.14. The Morgan fingerprint density at radius 1 is 1.00 bits per heavy atom. The van der Waals surface area contributed by atoms with E-state index in [1.165, 1.54) is 5.56 Å². The largest absolute Gasteiger partial charge is 0.314 e. The molecule has 0 saturated carbocycles. The highest BCUT2D eigenvalue weighted by Crippen LogP contribution is 2.33. The van der Waals surface area contributed by atoms with Gasteiger partial charge in [0, 0.05) is 16.8 Å². The summed E-state index contributed by atoms with van der Waals surface area (Å²) < 4.78 is 2.14. The van der Waals surface area contributed by atoms with Gasteiger partial charge in [-0.05, 0) is 48.9 Å². The van der Waals surface area contributed by atoms with E-state index in [9.17, 15) is 0 Å². The van der Waals surface area contributed by atoms with E-state index in [1.807, 2.05) is 48.7 Å². The summed E-state index contributed by atoms with van der Waals surface area (Å²) in [5.74, 6) is 0. The van der Waals surface area contributed by atoms with E-state index < -0.39 is 0 Å². The molecule has 4 rings (SSSR count). The Morgan fingerprint density at radius 3 is 2.71 bits per heavy atom. The van der Waals surface area contributed by atoms with Crippen LogP contribution in [0.1, 0.15) is 16.8 Å². The molecule has 1 aromatic heterocycles. The van der Waals surface area contributed by atoms with E-state index in [2.05, 4.69) is 23.6 Å². The molecule has 0 radical (unpaired) electrons. The molecule has 102 valence electrons. The first kappa shape index (κ1) is 12.4. The second kappa shape index (κ2) is 4.61. The molecular formula is C18H13ClN2. The molecule has 2 heterocycles. The highest BCUT2D eigenvalue weighted by Gasteiger charge is 2.24. The van der Waals surface area contributed by atoms with E-state index in [4.69, 9.17) is 16.6 Å². The van der Waals surface area contributed by atoms with Crippen molar-refractivity contribution in [3.05, 3.63) is 82.6 Å². The second-order valence-corrected chi connectivity index (χ2v) is 5.61. The minimum Gasteiger partial charge on any atom is -0.314 e. The Morgan fingerprint density at radius 2 is 1.86 bits per heavy atom. The highest BCUT2D eigenvalue weighted by molar-refractivity contribution is 6.31. The third-order valence-electron chi connectivity index (χ3n) is 3.81. The van der Waals surface area contributed by atoms with Crippen LogP contribution in [-0.4, -0.2) is 10.3 Å². The smallest absolute Gasteiger partial charge is 0.0970 e. The molecule has 1 aliphatic rings. The van der Waals surface area contributed by atoms with Crippen LogP contribution >= 0.6 is 11.6 Å². The summed E-state index contributed by atoms with van der Waals surface area (Å²) in [7, 11) is 0. The van der Waals surface area contributed by atoms with E-state index in [-0.39, 0.29) is 0 Å². The van der Waals surface area contributed by atoms with Gasteiger partial charge in [-0.3, -0.25) is 0 Å². The van der Waals surface area contributed by atoms with Crippen LogP contribution in [0.3, 0.4) is 0 Å². The van der Waals surface area contributed by atoms with Gasteiger partial charge in [0.1, 0.15) is 0 Å². The fraction of sp³-hybridized carbons (Fsp3) is 0.0556. The molecule has 0 saturated heterocycles. The van der Waals surface area contributed by atoms with Crippen LogP contribution in [0.4, 0.5) is 5.69 Å². The first-order valence-corrected chi connectivity index (χ1v) is 7.24. The normalized spacial score (nSPS) is 14.3. The third kappa shape index (κ3) is 1.91. The summed E-state index contributed by atoms with van der Waals surface area (Å²) in [5.41, 5.74) is 6.50. The monoisotopic (exact) mass is 292 g/mol. The van der Waals surface area contributed by atoms with E-state index >= 15 is 0 Å². The summed E-state index contributed by atoms with van der Waals surface area (Å²) in [6.07, 6.45) is 2.05. The summed E-state index contributed by atoms with van der Waals surface area (Å²) in [4.78, 5) is 4.89. The molecule has 0 bridgehead atoms. The Kier molecular flexibility index (Phi) is 2.72. The van der Waals surface area contributed by atoms with Crippen molar-refractivity contribution in [3.8, 4) is 5.69 Å². The van der Waals surface area contributed by atoms with Crippen molar-refractivity contribution >= 4 is 23.0 Å². The van der Waals surface area contributed by atoms with Crippen molar-refractivity contribution in [2.24, 2.45) is 4.99 Å². The van der Waals surface area contributed by atoms with Crippen molar-refractivity contribution in [1.82, 2.24) is 4.57 Å². The number of hydrogen-bond donors (Lipinski definition) is 0. The van der Waals surface area contributed by atoms with Crippen LogP contribution in [0.15, 0.2) is 65.8 Å². The molecule has 21 heavy (non-hydrogen) atoms. The number of aromatic nitrogens is 1. The number of fused-ring (bicyclic) bond motifs is 3. The lowest BCUT2D eigenvalue weighted by atomic mass is 10.1. The quantitative estimate of drug-likeness (QED) is 0.474. The van der Waals surface area contributed by atoms with Crippen molar-refractivity contribution in [3.63, 3.8) is 0 Å². The molecule has 0 amide bonds. The molecule has 0 aliphatic carbocycles. The van der Waals surface area contributed by atoms with Gasteiger partial charge in [-0.25, -0.2) is 4.99 Å². The summed E-state index contributed by atoms with van der Waals surface area (Å²) in [6.45, 7) is 2.08. The van der Waals surface area contributed by atoms with E-state index in [0.717, 1.165) is 33.4 Å². The Labute approximate surface area is 128 Å². The standard InChI is InChI=1S/C18H13ClN2/c1-12-5-2-3-6-15(12)20-18-14-9-8-13(19)11-17(14)21-10-4-7-16(18)21/h2-11H,1H3. The van der Waals surface area contributed by atoms with Gasteiger partial charge in [0.05, 0.1) is 22.8 Å². The van der Waals surface area contributed by atoms with Gasteiger partial charge in [-0.1, -0.05) is 29.8 Å². The lowest BCUT2D eigenvalue weighted by Gasteiger charge is -2.03. The van der Waals surface area contributed by atoms with Gasteiger partial charge >= 0.3 is 0 Å². The highest BCUT2D eigenvalue weighted by atomic mass is 35.5. The first-order chi connectivity index (χ1) is 10.2. The molecule has 0 spiro atoms. The molecule has 2 aromatic carbocycles. The molecule has 0 unspecified atom stereocenters. The lowest BCUT2D eigenvalue weighted by molar-refractivity contribution is 1.09. The molecule has 0 atom stereocenters. The zero-order valence-corrected chi connectivity index (χ0v) is 12.3. The molecular weight excluding hydrogens is 280 g/mol. The number of benzene rings is 2.